The van der Waals surface area contributed by atoms with Gasteiger partial charge in [0, 0.05) is 6.61 Å². The Morgan fingerprint density at radius 2 is 2.21 bits per heavy atom. The smallest absolute Gasteiger partial charge is 0.340 e. The fourth-order valence-electron chi connectivity index (χ4n) is 1.46. The summed E-state index contributed by atoms with van der Waals surface area (Å²) in [5.74, 6) is -0.478. The van der Waals surface area contributed by atoms with Gasteiger partial charge >= 0.3 is 5.97 Å². The predicted octanol–water partition coefficient (Wildman–Crippen LogP) is 2.39. The zero-order chi connectivity index (χ0) is 14.3. The van der Waals surface area contributed by atoms with Crippen LogP contribution in [0.15, 0.2) is 11.1 Å². The first-order valence-corrected chi connectivity index (χ1v) is 7.13. The molecule has 0 spiro atoms. The third kappa shape index (κ3) is 3.94. The Kier molecular flexibility index (Phi) is 6.33. The molecule has 0 bridgehead atoms. The molecule has 0 saturated heterocycles. The van der Waals surface area contributed by atoms with Crippen molar-refractivity contribution >= 4 is 17.7 Å². The lowest BCUT2D eigenvalue weighted by atomic mass is 10.1. The molecule has 0 saturated carbocycles. The third-order valence-corrected chi connectivity index (χ3v) is 3.02. The first kappa shape index (κ1) is 15.5. The lowest BCUT2D eigenvalue weighted by Crippen LogP contribution is -2.12. The fourth-order valence-corrected chi connectivity index (χ4v) is 1.99. The molecule has 1 aromatic heterocycles. The van der Waals surface area contributed by atoms with E-state index in [2.05, 4.69) is 4.98 Å². The van der Waals surface area contributed by atoms with Gasteiger partial charge in [-0.15, -0.1) is 11.8 Å². The second kappa shape index (κ2) is 7.77. The van der Waals surface area contributed by atoms with Gasteiger partial charge in [0.05, 0.1) is 30.0 Å². The average Bonchev–Trinajstić information content (AvgIpc) is 2.44. The van der Waals surface area contributed by atoms with Crippen LogP contribution in [0, 0.1) is 11.3 Å². The minimum atomic E-state index is -0.478. The van der Waals surface area contributed by atoms with Gasteiger partial charge in [-0.3, -0.25) is 0 Å². The highest BCUT2D eigenvalue weighted by molar-refractivity contribution is 7.98. The van der Waals surface area contributed by atoms with Crippen LogP contribution in [-0.4, -0.2) is 30.4 Å². The Bertz CT molecular complexity index is 497. The zero-order valence-corrected chi connectivity index (χ0v) is 12.0. The maximum absolute atomic E-state index is 11.9. The van der Waals surface area contributed by atoms with Crippen LogP contribution in [0.3, 0.4) is 0 Å². The molecule has 0 N–H and O–H groups in total. The number of carbonyl (C=O) groups is 1. The van der Waals surface area contributed by atoms with Gasteiger partial charge in [0.15, 0.2) is 0 Å². The molecule has 0 aromatic carbocycles. The minimum Gasteiger partial charge on any atom is -0.462 e. The molecule has 0 aliphatic rings. The Balaban J connectivity index is 3.23. The molecule has 0 fully saturated rings. The summed E-state index contributed by atoms with van der Waals surface area (Å²) in [4.78, 5) is 16.2. The highest BCUT2D eigenvalue weighted by Crippen LogP contribution is 2.22. The molecule has 0 amide bonds. The molecule has 19 heavy (non-hydrogen) atoms. The summed E-state index contributed by atoms with van der Waals surface area (Å²) >= 11 is 1.36. The van der Waals surface area contributed by atoms with Crippen molar-refractivity contribution in [2.24, 2.45) is 0 Å². The number of ether oxygens (including phenoxy) is 2. The summed E-state index contributed by atoms with van der Waals surface area (Å²) in [6, 6.07) is 3.55. The quantitative estimate of drug-likeness (QED) is 0.588. The van der Waals surface area contributed by atoms with E-state index in [0.717, 1.165) is 0 Å². The number of nitriles is 1. The number of thioether (sulfide) groups is 1. The van der Waals surface area contributed by atoms with E-state index < -0.39 is 5.97 Å². The van der Waals surface area contributed by atoms with Gasteiger partial charge < -0.3 is 9.47 Å². The maximum Gasteiger partial charge on any atom is 0.340 e. The van der Waals surface area contributed by atoms with Crippen molar-refractivity contribution in [3.63, 3.8) is 0 Å². The number of hydrogen-bond acceptors (Lipinski definition) is 6. The summed E-state index contributed by atoms with van der Waals surface area (Å²) in [7, 11) is 0. The Morgan fingerprint density at radius 3 is 2.74 bits per heavy atom. The number of hydrogen-bond donors (Lipinski definition) is 0. The largest absolute Gasteiger partial charge is 0.462 e. The number of esters is 1. The molecule has 1 aromatic rings. The molecule has 1 rings (SSSR count). The average molecular weight is 280 g/mol. The molecule has 1 heterocycles. The third-order valence-electron chi connectivity index (χ3n) is 2.32. The van der Waals surface area contributed by atoms with Crippen LogP contribution in [0.2, 0.25) is 0 Å². The van der Waals surface area contributed by atoms with Gasteiger partial charge in [0.25, 0.3) is 0 Å². The summed E-state index contributed by atoms with van der Waals surface area (Å²) in [5.41, 5.74) is 1.17. The van der Waals surface area contributed by atoms with E-state index in [4.69, 9.17) is 14.7 Å². The van der Waals surface area contributed by atoms with Gasteiger partial charge in [-0.25, -0.2) is 9.78 Å². The Morgan fingerprint density at radius 1 is 1.47 bits per heavy atom. The summed E-state index contributed by atoms with van der Waals surface area (Å²) in [6.45, 7) is 4.62. The molecule has 6 heteroatoms. The number of aromatic nitrogens is 1. The van der Waals surface area contributed by atoms with E-state index in [1.165, 1.54) is 17.8 Å². The minimum absolute atomic E-state index is 0.226. The van der Waals surface area contributed by atoms with Crippen molar-refractivity contribution in [2.45, 2.75) is 25.5 Å². The Hall–Kier alpha value is -1.58. The van der Waals surface area contributed by atoms with Crippen LogP contribution in [0.25, 0.3) is 0 Å². The summed E-state index contributed by atoms with van der Waals surface area (Å²) in [6.07, 6.45) is 1.83. The van der Waals surface area contributed by atoms with Crippen LogP contribution < -0.4 is 0 Å². The molecular weight excluding hydrogens is 264 g/mol. The Labute approximate surface area is 116 Å². The van der Waals surface area contributed by atoms with Gasteiger partial charge in [-0.05, 0) is 26.2 Å². The van der Waals surface area contributed by atoms with Crippen molar-refractivity contribution in [1.82, 2.24) is 4.98 Å². The van der Waals surface area contributed by atoms with Crippen molar-refractivity contribution in [2.75, 3.05) is 19.5 Å². The van der Waals surface area contributed by atoms with E-state index in [1.54, 1.807) is 6.92 Å². The predicted molar refractivity (Wildman–Crippen MR) is 72.0 cm³/mol. The lowest BCUT2D eigenvalue weighted by Gasteiger charge is -2.10. The first-order valence-electron chi connectivity index (χ1n) is 5.90. The van der Waals surface area contributed by atoms with E-state index in [0.29, 0.717) is 28.5 Å². The van der Waals surface area contributed by atoms with Crippen molar-refractivity contribution in [3.05, 3.63) is 22.9 Å². The van der Waals surface area contributed by atoms with Gasteiger partial charge in [0.1, 0.15) is 11.1 Å². The molecule has 0 unspecified atom stereocenters. The van der Waals surface area contributed by atoms with E-state index >= 15 is 0 Å². The number of rotatable bonds is 6. The molecule has 0 aliphatic carbocycles. The second-order valence-corrected chi connectivity index (χ2v) is 4.30. The molecule has 0 aliphatic heterocycles. The summed E-state index contributed by atoms with van der Waals surface area (Å²) < 4.78 is 10.3. The number of pyridine rings is 1. The van der Waals surface area contributed by atoms with E-state index in [9.17, 15) is 4.79 Å². The highest BCUT2D eigenvalue weighted by Gasteiger charge is 2.18. The first-order chi connectivity index (χ1) is 9.17. The van der Waals surface area contributed by atoms with Gasteiger partial charge in [-0.1, -0.05) is 0 Å². The van der Waals surface area contributed by atoms with Gasteiger partial charge in [0.2, 0.25) is 0 Å². The SMILES string of the molecule is CCOCc1nc(SC)c(C#N)cc1C(=O)OCC. The fraction of sp³-hybridized carbons (Fsp3) is 0.462. The topological polar surface area (TPSA) is 72.2 Å². The number of carbonyl (C=O) groups excluding carboxylic acids is 1. The van der Waals surface area contributed by atoms with Crippen LogP contribution in [0.1, 0.15) is 35.5 Å². The number of nitrogens with zero attached hydrogens (tertiary/aromatic N) is 2. The molecule has 102 valence electrons. The normalized spacial score (nSPS) is 10.0. The monoisotopic (exact) mass is 280 g/mol. The van der Waals surface area contributed by atoms with Crippen molar-refractivity contribution in [1.29, 1.82) is 5.26 Å². The van der Waals surface area contributed by atoms with Crippen LogP contribution in [0.5, 0.6) is 0 Å². The summed E-state index contributed by atoms with van der Waals surface area (Å²) in [5, 5.41) is 9.65. The van der Waals surface area contributed by atoms with Crippen LogP contribution >= 0.6 is 11.8 Å². The van der Waals surface area contributed by atoms with E-state index in [1.807, 2.05) is 19.2 Å². The van der Waals surface area contributed by atoms with Crippen LogP contribution in [0.4, 0.5) is 0 Å². The zero-order valence-electron chi connectivity index (χ0n) is 11.2. The second-order valence-electron chi connectivity index (χ2n) is 3.51. The molecular formula is C13H16N2O3S. The maximum atomic E-state index is 11.9. The molecule has 0 radical (unpaired) electrons. The van der Waals surface area contributed by atoms with Crippen molar-refractivity contribution in [3.8, 4) is 6.07 Å². The standard InChI is InChI=1S/C13H16N2O3S/c1-4-17-8-11-10(13(16)18-5-2)6-9(7-14)12(15-11)19-3/h6H,4-5,8H2,1-3H3. The highest BCUT2D eigenvalue weighted by atomic mass is 32.2. The molecule has 0 atom stereocenters. The molecule has 5 nitrogen and oxygen atoms in total. The van der Waals surface area contributed by atoms with E-state index in [-0.39, 0.29) is 13.2 Å². The lowest BCUT2D eigenvalue weighted by molar-refractivity contribution is 0.0517. The van der Waals surface area contributed by atoms with Crippen LogP contribution in [-0.2, 0) is 16.1 Å². The van der Waals surface area contributed by atoms with Gasteiger partial charge in [-0.2, -0.15) is 5.26 Å². The van der Waals surface area contributed by atoms with Crippen molar-refractivity contribution < 1.29 is 14.3 Å².